The van der Waals surface area contributed by atoms with E-state index in [9.17, 15) is 5.11 Å². The highest BCUT2D eigenvalue weighted by atomic mass is 32.2. The van der Waals surface area contributed by atoms with E-state index in [1.807, 2.05) is 44.2 Å². The first kappa shape index (κ1) is 18.3. The van der Waals surface area contributed by atoms with Gasteiger partial charge in [-0.15, -0.1) is 5.10 Å². The van der Waals surface area contributed by atoms with E-state index in [1.165, 1.54) is 11.8 Å². The molecule has 2 aromatic rings. The Morgan fingerprint density at radius 2 is 2.21 bits per heavy atom. The van der Waals surface area contributed by atoms with Gasteiger partial charge in [0.2, 0.25) is 5.16 Å². The molecular formula is C16H22N4O3S. The smallest absolute Gasteiger partial charge is 0.209 e. The van der Waals surface area contributed by atoms with Gasteiger partial charge in [0.1, 0.15) is 6.61 Å². The summed E-state index contributed by atoms with van der Waals surface area (Å²) in [4.78, 5) is 0. The van der Waals surface area contributed by atoms with Crippen molar-refractivity contribution >= 4 is 17.8 Å². The van der Waals surface area contributed by atoms with Crippen LogP contribution in [0.15, 0.2) is 29.4 Å². The standard InChI is InChI=1S/C16H22N4O3S/c1-4-6-12-7-8-14(15(9-12)22-3)23-10-13(21)11-24-16-17-18-19-20(16)5-2/h4,6-9,13,21H,5,10-11H2,1-3H3/b6-4+. The summed E-state index contributed by atoms with van der Waals surface area (Å²) in [6.45, 7) is 4.78. The van der Waals surface area contributed by atoms with Gasteiger partial charge in [0, 0.05) is 12.3 Å². The van der Waals surface area contributed by atoms with Crippen LogP contribution in [0, 0.1) is 0 Å². The molecule has 0 saturated heterocycles. The number of allylic oxidation sites excluding steroid dienone is 1. The van der Waals surface area contributed by atoms with Crippen molar-refractivity contribution in [2.24, 2.45) is 0 Å². The third kappa shape index (κ3) is 4.97. The fourth-order valence-corrected chi connectivity index (χ4v) is 2.85. The summed E-state index contributed by atoms with van der Waals surface area (Å²) in [5, 5.41) is 22.2. The number of hydrogen-bond acceptors (Lipinski definition) is 7. The predicted octanol–water partition coefficient (Wildman–Crippen LogP) is 2.27. The highest BCUT2D eigenvalue weighted by Gasteiger charge is 2.12. The average molecular weight is 350 g/mol. The lowest BCUT2D eigenvalue weighted by Gasteiger charge is -2.14. The monoisotopic (exact) mass is 350 g/mol. The van der Waals surface area contributed by atoms with Crippen LogP contribution in [0.5, 0.6) is 11.5 Å². The normalized spacial score (nSPS) is 12.5. The van der Waals surface area contributed by atoms with Crippen LogP contribution in [0.1, 0.15) is 19.4 Å². The number of benzene rings is 1. The number of aliphatic hydroxyl groups is 1. The lowest BCUT2D eigenvalue weighted by molar-refractivity contribution is 0.124. The zero-order chi connectivity index (χ0) is 17.4. The van der Waals surface area contributed by atoms with Gasteiger partial charge in [-0.05, 0) is 42.0 Å². The van der Waals surface area contributed by atoms with Gasteiger partial charge in [-0.25, -0.2) is 4.68 Å². The number of aryl methyl sites for hydroxylation is 1. The van der Waals surface area contributed by atoms with Crippen molar-refractivity contribution in [1.29, 1.82) is 0 Å². The Morgan fingerprint density at radius 1 is 1.38 bits per heavy atom. The van der Waals surface area contributed by atoms with Gasteiger partial charge in [0.05, 0.1) is 13.2 Å². The maximum Gasteiger partial charge on any atom is 0.209 e. The summed E-state index contributed by atoms with van der Waals surface area (Å²) < 4.78 is 12.7. The Morgan fingerprint density at radius 3 is 2.92 bits per heavy atom. The molecule has 0 radical (unpaired) electrons. The third-order valence-corrected chi connectivity index (χ3v) is 4.28. The van der Waals surface area contributed by atoms with Crippen LogP contribution < -0.4 is 9.47 Å². The Balaban J connectivity index is 1.88. The van der Waals surface area contributed by atoms with Gasteiger partial charge in [-0.3, -0.25) is 0 Å². The zero-order valence-corrected chi connectivity index (χ0v) is 14.9. The first-order chi connectivity index (χ1) is 11.7. The van der Waals surface area contributed by atoms with Crippen LogP contribution in [0.4, 0.5) is 0 Å². The molecule has 1 N–H and O–H groups in total. The number of nitrogens with zero attached hydrogens (tertiary/aromatic N) is 4. The lowest BCUT2D eigenvalue weighted by atomic mass is 10.2. The Bertz CT molecular complexity index is 675. The first-order valence-corrected chi connectivity index (χ1v) is 8.67. The molecule has 0 aliphatic carbocycles. The molecule has 130 valence electrons. The minimum Gasteiger partial charge on any atom is -0.493 e. The van der Waals surface area contributed by atoms with Crippen molar-refractivity contribution in [3.8, 4) is 11.5 Å². The maximum atomic E-state index is 10.1. The summed E-state index contributed by atoms with van der Waals surface area (Å²) in [6.07, 6.45) is 3.30. The van der Waals surface area contributed by atoms with Gasteiger partial charge >= 0.3 is 0 Å². The van der Waals surface area contributed by atoms with Gasteiger partial charge in [-0.2, -0.15) is 0 Å². The summed E-state index contributed by atoms with van der Waals surface area (Å²) in [5.41, 5.74) is 1.03. The Hall–Kier alpha value is -2.06. The number of aliphatic hydroxyl groups excluding tert-OH is 1. The second-order valence-corrected chi connectivity index (χ2v) is 5.95. The molecular weight excluding hydrogens is 328 g/mol. The zero-order valence-electron chi connectivity index (χ0n) is 14.0. The average Bonchev–Trinajstić information content (AvgIpc) is 3.06. The molecule has 1 aromatic heterocycles. The van der Waals surface area contributed by atoms with Crippen LogP contribution in [0.3, 0.4) is 0 Å². The van der Waals surface area contributed by atoms with Crippen LogP contribution in [-0.2, 0) is 6.54 Å². The molecule has 0 fully saturated rings. The minimum atomic E-state index is -0.642. The topological polar surface area (TPSA) is 82.3 Å². The number of hydrogen-bond donors (Lipinski definition) is 1. The molecule has 0 amide bonds. The van der Waals surface area contributed by atoms with Crippen LogP contribution in [-0.4, -0.2) is 50.9 Å². The molecule has 0 saturated carbocycles. The van der Waals surface area contributed by atoms with E-state index in [4.69, 9.17) is 9.47 Å². The number of ether oxygens (including phenoxy) is 2. The lowest BCUT2D eigenvalue weighted by Crippen LogP contribution is -2.20. The van der Waals surface area contributed by atoms with E-state index in [0.29, 0.717) is 29.0 Å². The number of methoxy groups -OCH3 is 1. The second kappa shape index (κ2) is 9.29. The van der Waals surface area contributed by atoms with E-state index in [2.05, 4.69) is 15.5 Å². The summed E-state index contributed by atoms with van der Waals surface area (Å²) in [6, 6.07) is 5.67. The van der Waals surface area contributed by atoms with Crippen molar-refractivity contribution in [1.82, 2.24) is 20.2 Å². The SMILES string of the molecule is C/C=C/c1ccc(OCC(O)CSc2nnnn2CC)c(OC)c1. The van der Waals surface area contributed by atoms with E-state index in [-0.39, 0.29) is 6.61 Å². The number of aromatic nitrogens is 4. The van der Waals surface area contributed by atoms with Crippen molar-refractivity contribution < 1.29 is 14.6 Å². The summed E-state index contributed by atoms with van der Waals surface area (Å²) in [5.74, 6) is 1.69. The molecule has 0 aliphatic rings. The Kier molecular flexibility index (Phi) is 7.07. The van der Waals surface area contributed by atoms with Crippen LogP contribution >= 0.6 is 11.8 Å². The fraction of sp³-hybridized carbons (Fsp3) is 0.438. The highest BCUT2D eigenvalue weighted by Crippen LogP contribution is 2.29. The van der Waals surface area contributed by atoms with Crippen LogP contribution in [0.25, 0.3) is 6.08 Å². The predicted molar refractivity (Wildman–Crippen MR) is 93.4 cm³/mol. The van der Waals surface area contributed by atoms with Crippen molar-refractivity contribution in [3.05, 3.63) is 29.8 Å². The van der Waals surface area contributed by atoms with Crippen molar-refractivity contribution in [3.63, 3.8) is 0 Å². The quantitative estimate of drug-likeness (QED) is 0.695. The first-order valence-electron chi connectivity index (χ1n) is 7.68. The molecule has 1 heterocycles. The summed E-state index contributed by atoms with van der Waals surface area (Å²) >= 11 is 1.40. The molecule has 0 spiro atoms. The van der Waals surface area contributed by atoms with E-state index >= 15 is 0 Å². The molecule has 0 aliphatic heterocycles. The molecule has 1 atom stereocenters. The molecule has 24 heavy (non-hydrogen) atoms. The van der Waals surface area contributed by atoms with E-state index in [0.717, 1.165) is 5.56 Å². The molecule has 1 aromatic carbocycles. The number of rotatable bonds is 9. The van der Waals surface area contributed by atoms with Gasteiger partial charge < -0.3 is 14.6 Å². The number of thioether (sulfide) groups is 1. The van der Waals surface area contributed by atoms with Crippen LogP contribution in [0.2, 0.25) is 0 Å². The number of tetrazole rings is 1. The van der Waals surface area contributed by atoms with Crippen molar-refractivity contribution in [2.45, 2.75) is 31.7 Å². The molecule has 1 unspecified atom stereocenters. The molecule has 8 heteroatoms. The molecule has 0 bridgehead atoms. The highest BCUT2D eigenvalue weighted by molar-refractivity contribution is 7.99. The summed E-state index contributed by atoms with van der Waals surface area (Å²) in [7, 11) is 1.60. The van der Waals surface area contributed by atoms with Gasteiger partial charge in [0.15, 0.2) is 11.5 Å². The maximum absolute atomic E-state index is 10.1. The molecule has 2 rings (SSSR count). The minimum absolute atomic E-state index is 0.167. The van der Waals surface area contributed by atoms with E-state index < -0.39 is 6.10 Å². The Labute approximate surface area is 145 Å². The van der Waals surface area contributed by atoms with Crippen molar-refractivity contribution in [2.75, 3.05) is 19.5 Å². The largest absolute Gasteiger partial charge is 0.493 e. The van der Waals surface area contributed by atoms with Gasteiger partial charge in [0.25, 0.3) is 0 Å². The second-order valence-electron chi connectivity index (χ2n) is 4.96. The van der Waals surface area contributed by atoms with E-state index in [1.54, 1.807) is 11.8 Å². The third-order valence-electron chi connectivity index (χ3n) is 3.18. The fourth-order valence-electron chi connectivity index (χ4n) is 2.00. The molecule has 7 nitrogen and oxygen atoms in total. The van der Waals surface area contributed by atoms with Gasteiger partial charge in [-0.1, -0.05) is 30.0 Å².